The minimum atomic E-state index is -3.55. The van der Waals surface area contributed by atoms with Gasteiger partial charge in [-0.2, -0.15) is 0 Å². The molecule has 0 bridgehead atoms. The van der Waals surface area contributed by atoms with E-state index in [1.165, 1.54) is 18.2 Å². The van der Waals surface area contributed by atoms with Crippen LogP contribution < -0.4 is 10.5 Å². The van der Waals surface area contributed by atoms with Gasteiger partial charge in [0, 0.05) is 6.54 Å². The molecular formula is C14H22ClN3O2S. The van der Waals surface area contributed by atoms with Crippen LogP contribution in [-0.4, -0.2) is 40.0 Å². The molecule has 3 N–H and O–H groups in total. The van der Waals surface area contributed by atoms with Crippen molar-refractivity contribution in [1.29, 1.82) is 0 Å². The van der Waals surface area contributed by atoms with Gasteiger partial charge >= 0.3 is 0 Å². The molecule has 1 saturated heterocycles. The minimum absolute atomic E-state index is 0.00243. The van der Waals surface area contributed by atoms with Gasteiger partial charge in [-0.3, -0.25) is 0 Å². The number of nitrogen functional groups attached to an aromatic ring is 1. The topological polar surface area (TPSA) is 75.4 Å². The molecule has 0 aromatic heterocycles. The molecule has 0 aliphatic carbocycles. The number of anilines is 1. The van der Waals surface area contributed by atoms with E-state index in [2.05, 4.69) is 23.6 Å². The van der Waals surface area contributed by atoms with E-state index >= 15 is 0 Å². The van der Waals surface area contributed by atoms with E-state index in [4.69, 9.17) is 17.3 Å². The fourth-order valence-corrected chi connectivity index (χ4v) is 3.73. The monoisotopic (exact) mass is 331 g/mol. The Morgan fingerprint density at radius 1 is 1.38 bits per heavy atom. The molecule has 1 heterocycles. The maximum Gasteiger partial charge on any atom is 0.240 e. The van der Waals surface area contributed by atoms with Crippen molar-refractivity contribution >= 4 is 27.3 Å². The highest BCUT2D eigenvalue weighted by Gasteiger charge is 2.30. The number of nitrogens with zero attached hydrogens (tertiary/aromatic N) is 1. The summed E-state index contributed by atoms with van der Waals surface area (Å²) in [5.74, 6) is 0. The van der Waals surface area contributed by atoms with E-state index in [-0.39, 0.29) is 16.0 Å². The summed E-state index contributed by atoms with van der Waals surface area (Å²) in [7, 11) is -1.47. The lowest BCUT2D eigenvalue weighted by Crippen LogP contribution is -2.43. The van der Waals surface area contributed by atoms with E-state index in [0.29, 0.717) is 11.6 Å². The summed E-state index contributed by atoms with van der Waals surface area (Å²) in [6.07, 6.45) is 1.96. The summed E-state index contributed by atoms with van der Waals surface area (Å²) in [6, 6.07) is 4.36. The van der Waals surface area contributed by atoms with Crippen molar-refractivity contribution in [3.8, 4) is 0 Å². The molecule has 1 fully saturated rings. The zero-order valence-corrected chi connectivity index (χ0v) is 14.0. The van der Waals surface area contributed by atoms with E-state index in [1.54, 1.807) is 0 Å². The van der Waals surface area contributed by atoms with Crippen molar-refractivity contribution < 1.29 is 8.42 Å². The number of piperidine rings is 1. The number of rotatable bonds is 4. The summed E-state index contributed by atoms with van der Waals surface area (Å²) in [5, 5.41) is 0.358. The van der Waals surface area contributed by atoms with Gasteiger partial charge in [0.25, 0.3) is 0 Å². The molecule has 0 amide bonds. The molecule has 0 unspecified atom stereocenters. The van der Waals surface area contributed by atoms with Gasteiger partial charge < -0.3 is 10.6 Å². The number of likely N-dealkylation sites (tertiary alicyclic amines) is 1. The molecule has 1 aliphatic rings. The smallest absolute Gasteiger partial charge is 0.240 e. The highest BCUT2D eigenvalue weighted by atomic mass is 35.5. The van der Waals surface area contributed by atoms with Crippen molar-refractivity contribution in [1.82, 2.24) is 9.62 Å². The normalized spacial score (nSPS) is 19.6. The van der Waals surface area contributed by atoms with Gasteiger partial charge in [0.05, 0.1) is 15.6 Å². The second-order valence-corrected chi connectivity index (χ2v) is 8.30. The van der Waals surface area contributed by atoms with Crippen molar-refractivity contribution in [2.75, 3.05) is 32.4 Å². The largest absolute Gasteiger partial charge is 0.397 e. The zero-order chi connectivity index (χ0) is 15.7. The molecule has 7 heteroatoms. The Kier molecular flexibility index (Phi) is 4.82. The van der Waals surface area contributed by atoms with Gasteiger partial charge in [-0.1, -0.05) is 18.5 Å². The molecule has 1 aromatic carbocycles. The molecule has 0 saturated carbocycles. The third-order valence-electron chi connectivity index (χ3n) is 4.16. The Bertz CT molecular complexity index is 611. The standard InChI is InChI=1S/C14H22ClN3O2S/c1-14(5-7-18(2)8-6-14)10-17-21(19,20)11-3-4-12(15)13(16)9-11/h3-4,9,17H,5-8,10,16H2,1-2H3. The molecule has 0 radical (unpaired) electrons. The van der Waals surface area contributed by atoms with Crippen LogP contribution in [0, 0.1) is 5.41 Å². The molecule has 21 heavy (non-hydrogen) atoms. The highest BCUT2D eigenvalue weighted by molar-refractivity contribution is 7.89. The predicted molar refractivity (Wildman–Crippen MR) is 85.9 cm³/mol. The highest BCUT2D eigenvalue weighted by Crippen LogP contribution is 2.30. The van der Waals surface area contributed by atoms with Crippen molar-refractivity contribution in [3.63, 3.8) is 0 Å². The van der Waals surface area contributed by atoms with Gasteiger partial charge in [0.2, 0.25) is 10.0 Å². The first kappa shape index (κ1) is 16.5. The second kappa shape index (κ2) is 6.12. The van der Waals surface area contributed by atoms with Crippen LogP contribution >= 0.6 is 11.6 Å². The number of sulfonamides is 1. The Hall–Kier alpha value is -0.820. The van der Waals surface area contributed by atoms with E-state index in [0.717, 1.165) is 25.9 Å². The van der Waals surface area contributed by atoms with Crippen LogP contribution in [0.5, 0.6) is 0 Å². The number of nitrogens with two attached hydrogens (primary N) is 1. The van der Waals surface area contributed by atoms with Gasteiger partial charge in [0.15, 0.2) is 0 Å². The van der Waals surface area contributed by atoms with Gasteiger partial charge in [-0.05, 0) is 56.6 Å². The van der Waals surface area contributed by atoms with Crippen molar-refractivity contribution in [2.45, 2.75) is 24.7 Å². The SMILES string of the molecule is CN1CCC(C)(CNS(=O)(=O)c2ccc(Cl)c(N)c2)CC1. The van der Waals surface area contributed by atoms with Crippen molar-refractivity contribution in [3.05, 3.63) is 23.2 Å². The van der Waals surface area contributed by atoms with Crippen LogP contribution in [0.25, 0.3) is 0 Å². The fraction of sp³-hybridized carbons (Fsp3) is 0.571. The average Bonchev–Trinajstić information content (AvgIpc) is 2.43. The molecule has 2 rings (SSSR count). The maximum atomic E-state index is 12.3. The first-order chi connectivity index (χ1) is 9.72. The summed E-state index contributed by atoms with van der Waals surface area (Å²) >= 11 is 5.82. The average molecular weight is 332 g/mol. The van der Waals surface area contributed by atoms with Crippen LogP contribution in [0.15, 0.2) is 23.1 Å². The Balaban J connectivity index is 2.06. The van der Waals surface area contributed by atoms with E-state index < -0.39 is 10.0 Å². The second-order valence-electron chi connectivity index (χ2n) is 6.12. The Labute approximate surface area is 131 Å². The summed E-state index contributed by atoms with van der Waals surface area (Å²) < 4.78 is 27.4. The number of benzene rings is 1. The van der Waals surface area contributed by atoms with Crippen molar-refractivity contribution in [2.24, 2.45) is 5.41 Å². The molecular weight excluding hydrogens is 310 g/mol. The Morgan fingerprint density at radius 2 is 2.00 bits per heavy atom. The number of hydrogen-bond donors (Lipinski definition) is 2. The molecule has 1 aliphatic heterocycles. The van der Waals surface area contributed by atoms with E-state index in [1.807, 2.05) is 0 Å². The fourth-order valence-electron chi connectivity index (χ4n) is 2.38. The molecule has 1 aromatic rings. The Morgan fingerprint density at radius 3 is 2.57 bits per heavy atom. The molecule has 0 atom stereocenters. The van der Waals surface area contributed by atoms with Gasteiger partial charge in [-0.15, -0.1) is 0 Å². The van der Waals surface area contributed by atoms with Crippen LogP contribution in [-0.2, 0) is 10.0 Å². The first-order valence-electron chi connectivity index (χ1n) is 6.95. The lowest BCUT2D eigenvalue weighted by Gasteiger charge is -2.37. The summed E-state index contributed by atoms with van der Waals surface area (Å²) in [4.78, 5) is 2.41. The zero-order valence-electron chi connectivity index (χ0n) is 12.4. The lowest BCUT2D eigenvalue weighted by molar-refractivity contribution is 0.143. The quantitative estimate of drug-likeness (QED) is 0.827. The molecule has 118 valence electrons. The molecule has 5 nitrogen and oxygen atoms in total. The number of halogens is 1. The third kappa shape index (κ3) is 4.10. The number of nitrogens with one attached hydrogen (secondary N) is 1. The van der Waals surface area contributed by atoms with Crippen LogP contribution in [0.4, 0.5) is 5.69 Å². The van der Waals surface area contributed by atoms with Crippen LogP contribution in [0.3, 0.4) is 0 Å². The number of hydrogen-bond acceptors (Lipinski definition) is 4. The summed E-state index contributed by atoms with van der Waals surface area (Å²) in [5.41, 5.74) is 5.93. The van der Waals surface area contributed by atoms with Gasteiger partial charge in [-0.25, -0.2) is 13.1 Å². The molecule has 0 spiro atoms. The maximum absolute atomic E-state index is 12.3. The minimum Gasteiger partial charge on any atom is -0.397 e. The van der Waals surface area contributed by atoms with Crippen LogP contribution in [0.2, 0.25) is 5.02 Å². The first-order valence-corrected chi connectivity index (χ1v) is 8.81. The summed E-state index contributed by atoms with van der Waals surface area (Å²) in [6.45, 7) is 4.54. The van der Waals surface area contributed by atoms with Crippen LogP contribution in [0.1, 0.15) is 19.8 Å². The predicted octanol–water partition coefficient (Wildman–Crippen LogP) is 1.93. The van der Waals surface area contributed by atoms with E-state index in [9.17, 15) is 8.42 Å². The third-order valence-corrected chi connectivity index (χ3v) is 5.90. The van der Waals surface area contributed by atoms with Gasteiger partial charge in [0.1, 0.15) is 0 Å². The lowest BCUT2D eigenvalue weighted by atomic mass is 9.81.